The maximum Gasteiger partial charge on any atom is 0.251 e. The van der Waals surface area contributed by atoms with Crippen LogP contribution >= 0.6 is 0 Å². The molecule has 7 nitrogen and oxygen atoms in total. The van der Waals surface area contributed by atoms with Crippen molar-refractivity contribution in [3.63, 3.8) is 0 Å². The summed E-state index contributed by atoms with van der Waals surface area (Å²) in [6, 6.07) is 22.1. The number of hydrogen-bond donors (Lipinski definition) is 3. The molecule has 32 heavy (non-hydrogen) atoms. The normalized spacial score (nSPS) is 15.7. The SMILES string of the molecule is O=C(NC[C@@H]1CCCN1)c1ccc(-c2cnc3ccc(NCc4ccccc4)nn23)cc1. The highest BCUT2D eigenvalue weighted by Gasteiger charge is 2.15. The molecule has 3 heterocycles. The largest absolute Gasteiger partial charge is 0.365 e. The van der Waals surface area contributed by atoms with Crippen molar-refractivity contribution in [1.29, 1.82) is 0 Å². The average Bonchev–Trinajstić information content (AvgIpc) is 3.52. The maximum atomic E-state index is 12.5. The Balaban J connectivity index is 1.29. The monoisotopic (exact) mass is 426 g/mol. The molecule has 162 valence electrons. The van der Waals surface area contributed by atoms with Gasteiger partial charge in [-0.15, -0.1) is 5.10 Å². The molecule has 0 radical (unpaired) electrons. The van der Waals surface area contributed by atoms with Crippen molar-refractivity contribution in [2.24, 2.45) is 0 Å². The first kappa shape index (κ1) is 20.2. The molecule has 0 spiro atoms. The molecule has 1 amide bonds. The molecule has 1 aliphatic heterocycles. The fraction of sp³-hybridized carbons (Fsp3) is 0.240. The summed E-state index contributed by atoms with van der Waals surface area (Å²) in [5.41, 5.74) is 4.46. The lowest BCUT2D eigenvalue weighted by Gasteiger charge is -2.11. The molecule has 3 N–H and O–H groups in total. The van der Waals surface area contributed by atoms with Gasteiger partial charge in [0.05, 0.1) is 11.9 Å². The lowest BCUT2D eigenvalue weighted by Crippen LogP contribution is -2.37. The van der Waals surface area contributed by atoms with Gasteiger partial charge in [-0.2, -0.15) is 0 Å². The first-order valence-electron chi connectivity index (χ1n) is 11.0. The van der Waals surface area contributed by atoms with E-state index in [0.717, 1.165) is 35.7 Å². The Hall–Kier alpha value is -3.71. The van der Waals surface area contributed by atoms with Crippen LogP contribution in [-0.2, 0) is 6.54 Å². The van der Waals surface area contributed by atoms with E-state index in [9.17, 15) is 4.79 Å². The predicted octanol–water partition coefficient (Wildman–Crippen LogP) is 3.49. The summed E-state index contributed by atoms with van der Waals surface area (Å²) in [4.78, 5) is 16.9. The van der Waals surface area contributed by atoms with Gasteiger partial charge in [-0.05, 0) is 49.2 Å². The van der Waals surface area contributed by atoms with Gasteiger partial charge in [0.15, 0.2) is 5.65 Å². The lowest BCUT2D eigenvalue weighted by molar-refractivity contribution is 0.0950. The van der Waals surface area contributed by atoms with Crippen molar-refractivity contribution in [3.8, 4) is 11.3 Å². The summed E-state index contributed by atoms with van der Waals surface area (Å²) in [7, 11) is 0. The fourth-order valence-corrected chi connectivity index (χ4v) is 3.99. The Labute approximate surface area is 186 Å². The molecule has 0 saturated carbocycles. The van der Waals surface area contributed by atoms with E-state index >= 15 is 0 Å². The Morgan fingerprint density at radius 1 is 1.06 bits per heavy atom. The molecule has 4 aromatic rings. The van der Waals surface area contributed by atoms with Crippen LogP contribution < -0.4 is 16.0 Å². The topological polar surface area (TPSA) is 83.3 Å². The van der Waals surface area contributed by atoms with Crippen LogP contribution in [0.3, 0.4) is 0 Å². The van der Waals surface area contributed by atoms with Gasteiger partial charge in [-0.1, -0.05) is 42.5 Å². The zero-order valence-electron chi connectivity index (χ0n) is 17.8. The number of rotatable bonds is 7. The summed E-state index contributed by atoms with van der Waals surface area (Å²) in [5.74, 6) is 0.728. The van der Waals surface area contributed by atoms with E-state index in [2.05, 4.69) is 33.1 Å². The van der Waals surface area contributed by atoms with E-state index in [1.54, 1.807) is 0 Å². The highest BCUT2D eigenvalue weighted by molar-refractivity contribution is 5.94. The van der Waals surface area contributed by atoms with Gasteiger partial charge in [0.2, 0.25) is 0 Å². The summed E-state index contributed by atoms with van der Waals surface area (Å²) in [6.45, 7) is 2.39. The molecule has 1 atom stereocenters. The molecule has 0 aliphatic carbocycles. The summed E-state index contributed by atoms with van der Waals surface area (Å²) in [6.07, 6.45) is 4.10. The third kappa shape index (κ3) is 4.48. The second-order valence-corrected chi connectivity index (χ2v) is 8.05. The van der Waals surface area contributed by atoms with Crippen molar-refractivity contribution in [2.75, 3.05) is 18.4 Å². The van der Waals surface area contributed by atoms with E-state index in [-0.39, 0.29) is 5.91 Å². The Morgan fingerprint density at radius 3 is 2.69 bits per heavy atom. The Kier molecular flexibility index (Phi) is 5.81. The highest BCUT2D eigenvalue weighted by atomic mass is 16.1. The number of anilines is 1. The number of nitrogens with one attached hydrogen (secondary N) is 3. The average molecular weight is 427 g/mol. The number of benzene rings is 2. The minimum Gasteiger partial charge on any atom is -0.365 e. The van der Waals surface area contributed by atoms with Gasteiger partial charge in [-0.3, -0.25) is 4.79 Å². The van der Waals surface area contributed by atoms with Gasteiger partial charge in [0, 0.05) is 30.3 Å². The second-order valence-electron chi connectivity index (χ2n) is 8.05. The molecule has 2 aromatic carbocycles. The standard InChI is InChI=1S/C25H26N6O/c32-25(29-16-21-7-4-14-26-21)20-10-8-19(9-11-20)22-17-28-24-13-12-23(30-31(22)24)27-15-18-5-2-1-3-6-18/h1-3,5-6,8-13,17,21,26H,4,7,14-16H2,(H,27,30)(H,29,32)/t21-/m0/s1. The van der Waals surface area contributed by atoms with Crippen molar-refractivity contribution in [2.45, 2.75) is 25.4 Å². The van der Waals surface area contributed by atoms with E-state index < -0.39 is 0 Å². The van der Waals surface area contributed by atoms with Crippen molar-refractivity contribution >= 4 is 17.4 Å². The smallest absolute Gasteiger partial charge is 0.251 e. The minimum absolute atomic E-state index is 0.0473. The zero-order chi connectivity index (χ0) is 21.8. The molecule has 1 aliphatic rings. The van der Waals surface area contributed by atoms with Crippen LogP contribution in [-0.4, -0.2) is 39.6 Å². The Morgan fingerprint density at radius 2 is 1.91 bits per heavy atom. The second kappa shape index (κ2) is 9.20. The first-order chi connectivity index (χ1) is 15.8. The van der Waals surface area contributed by atoms with Gasteiger partial charge < -0.3 is 16.0 Å². The molecule has 1 saturated heterocycles. The highest BCUT2D eigenvalue weighted by Crippen LogP contribution is 2.22. The molecule has 0 bridgehead atoms. The summed E-state index contributed by atoms with van der Waals surface area (Å²) >= 11 is 0. The first-order valence-corrected chi connectivity index (χ1v) is 11.0. The molecule has 1 fully saturated rings. The van der Waals surface area contributed by atoms with E-state index in [4.69, 9.17) is 5.10 Å². The predicted molar refractivity (Wildman–Crippen MR) is 126 cm³/mol. The molecule has 2 aromatic heterocycles. The lowest BCUT2D eigenvalue weighted by atomic mass is 10.1. The van der Waals surface area contributed by atoms with E-state index in [1.807, 2.05) is 65.3 Å². The van der Waals surface area contributed by atoms with Crippen LogP contribution in [0.5, 0.6) is 0 Å². The van der Waals surface area contributed by atoms with Crippen LogP contribution in [0.2, 0.25) is 0 Å². The van der Waals surface area contributed by atoms with Gasteiger partial charge in [-0.25, -0.2) is 9.50 Å². The van der Waals surface area contributed by atoms with Crippen LogP contribution in [0, 0.1) is 0 Å². The van der Waals surface area contributed by atoms with Crippen LogP contribution in [0.25, 0.3) is 16.9 Å². The molecular formula is C25H26N6O. The number of carbonyl (C=O) groups is 1. The number of imidazole rings is 1. The third-order valence-corrected chi connectivity index (χ3v) is 5.79. The van der Waals surface area contributed by atoms with Gasteiger partial charge in [0.1, 0.15) is 5.82 Å². The molecular weight excluding hydrogens is 400 g/mol. The number of fused-ring (bicyclic) bond motifs is 1. The fourth-order valence-electron chi connectivity index (χ4n) is 3.99. The molecule has 7 heteroatoms. The van der Waals surface area contributed by atoms with Crippen molar-refractivity contribution in [1.82, 2.24) is 25.2 Å². The number of amides is 1. The van der Waals surface area contributed by atoms with E-state index in [0.29, 0.717) is 24.7 Å². The number of nitrogens with zero attached hydrogens (tertiary/aromatic N) is 3. The third-order valence-electron chi connectivity index (χ3n) is 5.79. The molecule has 5 rings (SSSR count). The summed E-state index contributed by atoms with van der Waals surface area (Å²) < 4.78 is 1.83. The number of hydrogen-bond acceptors (Lipinski definition) is 5. The Bertz CT molecular complexity index is 1200. The van der Waals surface area contributed by atoms with Crippen LogP contribution in [0.15, 0.2) is 72.9 Å². The van der Waals surface area contributed by atoms with Gasteiger partial charge in [0.25, 0.3) is 5.91 Å². The quantitative estimate of drug-likeness (QED) is 0.421. The van der Waals surface area contributed by atoms with Crippen molar-refractivity contribution < 1.29 is 4.79 Å². The van der Waals surface area contributed by atoms with Crippen LogP contribution in [0.1, 0.15) is 28.8 Å². The zero-order valence-corrected chi connectivity index (χ0v) is 17.8. The van der Waals surface area contributed by atoms with Gasteiger partial charge >= 0.3 is 0 Å². The number of carbonyl (C=O) groups excluding carboxylic acids is 1. The summed E-state index contributed by atoms with van der Waals surface area (Å²) in [5, 5.41) is 14.5. The van der Waals surface area contributed by atoms with E-state index in [1.165, 1.54) is 12.0 Å². The number of aromatic nitrogens is 3. The van der Waals surface area contributed by atoms with Crippen LogP contribution in [0.4, 0.5) is 5.82 Å². The van der Waals surface area contributed by atoms with Crippen molar-refractivity contribution in [3.05, 3.63) is 84.1 Å². The minimum atomic E-state index is -0.0473. The maximum absolute atomic E-state index is 12.5. The molecule has 0 unspecified atom stereocenters.